The lowest BCUT2D eigenvalue weighted by Crippen LogP contribution is -2.27. The number of rotatable bonds is 11. The molecule has 0 unspecified atom stereocenters. The molecule has 1 heteroatoms. The molecule has 0 spiro atoms. The number of hydrogen-bond acceptors (Lipinski definition) is 1. The second-order valence-electron chi connectivity index (χ2n) is 9.75. The van der Waals surface area contributed by atoms with E-state index in [0.29, 0.717) is 0 Å². The predicted octanol–water partition coefficient (Wildman–Crippen LogP) is 8.43. The lowest BCUT2D eigenvalue weighted by molar-refractivity contribution is 0.162. The molecule has 1 nitrogen and oxygen atoms in total. The maximum Gasteiger partial charge on any atom is 0.0689 e. The van der Waals surface area contributed by atoms with Gasteiger partial charge in [-0.25, -0.2) is 0 Å². The molecule has 2 fully saturated rings. The van der Waals surface area contributed by atoms with Crippen molar-refractivity contribution in [1.29, 1.82) is 5.26 Å². The van der Waals surface area contributed by atoms with E-state index in [4.69, 9.17) is 0 Å². The fourth-order valence-electron chi connectivity index (χ4n) is 5.59. The molecule has 0 aromatic heterocycles. The Morgan fingerprint density at radius 1 is 0.692 bits per heavy atom. The van der Waals surface area contributed by atoms with Crippen LogP contribution in [0.4, 0.5) is 0 Å². The summed E-state index contributed by atoms with van der Waals surface area (Å²) in [5, 5.41) is 9.88. The van der Waals surface area contributed by atoms with Crippen LogP contribution in [0.2, 0.25) is 0 Å². The van der Waals surface area contributed by atoms with Gasteiger partial charge in [-0.15, -0.1) is 0 Å². The van der Waals surface area contributed by atoms with E-state index >= 15 is 0 Å². The molecule has 0 heterocycles. The number of unbranched alkanes of at least 4 members (excludes halogenated alkanes) is 4. The summed E-state index contributed by atoms with van der Waals surface area (Å²) >= 11 is 0. The molecule has 2 aliphatic rings. The van der Waals surface area contributed by atoms with Gasteiger partial charge in [0.25, 0.3) is 0 Å². The average molecular weight is 360 g/mol. The third-order valence-corrected chi connectivity index (χ3v) is 7.73. The molecule has 0 N–H and O–H groups in total. The molecule has 2 aliphatic carbocycles. The van der Waals surface area contributed by atoms with Gasteiger partial charge in [0.2, 0.25) is 0 Å². The molecule has 0 bridgehead atoms. The standard InChI is InChI=1S/C25H45N/c1-3-5-7-9-22-11-13-24(14-12-22)17-20-25(21-26)18-15-23(16-19-25)10-8-6-4-2/h22-24H,3-20H2,1-2H3/t22-,23-,24-,25-. The normalized spacial score (nSPS) is 32.3. The predicted molar refractivity (Wildman–Crippen MR) is 113 cm³/mol. The van der Waals surface area contributed by atoms with Crippen LogP contribution in [0.3, 0.4) is 0 Å². The molecule has 0 saturated heterocycles. The highest BCUT2D eigenvalue weighted by Gasteiger charge is 2.35. The van der Waals surface area contributed by atoms with Crippen LogP contribution in [-0.2, 0) is 0 Å². The van der Waals surface area contributed by atoms with Gasteiger partial charge in [-0.3, -0.25) is 0 Å². The monoisotopic (exact) mass is 359 g/mol. The molecule has 0 aliphatic heterocycles. The molecule has 0 radical (unpaired) electrons. The molecule has 0 aromatic carbocycles. The van der Waals surface area contributed by atoms with Crippen LogP contribution in [0.1, 0.15) is 129 Å². The minimum Gasteiger partial charge on any atom is -0.198 e. The lowest BCUT2D eigenvalue weighted by Gasteiger charge is -2.37. The van der Waals surface area contributed by atoms with Gasteiger partial charge in [-0.05, 0) is 56.3 Å². The topological polar surface area (TPSA) is 23.8 Å². The Hall–Kier alpha value is -0.510. The molecule has 0 amide bonds. The van der Waals surface area contributed by atoms with Crippen molar-refractivity contribution in [2.45, 2.75) is 129 Å². The van der Waals surface area contributed by atoms with E-state index in [9.17, 15) is 5.26 Å². The summed E-state index contributed by atoms with van der Waals surface area (Å²) in [6, 6.07) is 2.79. The number of nitrogens with zero attached hydrogens (tertiary/aromatic N) is 1. The molecule has 0 atom stereocenters. The van der Waals surface area contributed by atoms with Crippen LogP contribution >= 0.6 is 0 Å². The molecule has 26 heavy (non-hydrogen) atoms. The quantitative estimate of drug-likeness (QED) is 0.339. The van der Waals surface area contributed by atoms with Gasteiger partial charge in [-0.2, -0.15) is 5.26 Å². The summed E-state index contributed by atoms with van der Waals surface area (Å²) in [6.45, 7) is 4.60. The zero-order valence-corrected chi connectivity index (χ0v) is 17.9. The summed E-state index contributed by atoms with van der Waals surface area (Å²) < 4.78 is 0. The maximum absolute atomic E-state index is 9.88. The first kappa shape index (κ1) is 21.8. The Bertz CT molecular complexity index is 391. The van der Waals surface area contributed by atoms with Crippen molar-refractivity contribution in [3.8, 4) is 6.07 Å². The van der Waals surface area contributed by atoms with Crippen LogP contribution in [0.25, 0.3) is 0 Å². The molecule has 150 valence electrons. The highest BCUT2D eigenvalue weighted by atomic mass is 14.4. The van der Waals surface area contributed by atoms with Gasteiger partial charge in [0.05, 0.1) is 11.5 Å². The Labute approximate surface area is 164 Å². The minimum atomic E-state index is 0.0409. The van der Waals surface area contributed by atoms with Crippen LogP contribution in [0.5, 0.6) is 0 Å². The van der Waals surface area contributed by atoms with Crippen molar-refractivity contribution in [1.82, 2.24) is 0 Å². The number of hydrogen-bond donors (Lipinski definition) is 0. The van der Waals surface area contributed by atoms with E-state index < -0.39 is 0 Å². The Kier molecular flexibility index (Phi) is 10.1. The Morgan fingerprint density at radius 2 is 1.15 bits per heavy atom. The van der Waals surface area contributed by atoms with Crippen molar-refractivity contribution in [2.24, 2.45) is 23.2 Å². The maximum atomic E-state index is 9.88. The van der Waals surface area contributed by atoms with Crippen LogP contribution in [0.15, 0.2) is 0 Å². The largest absolute Gasteiger partial charge is 0.198 e. The zero-order valence-electron chi connectivity index (χ0n) is 17.9. The van der Waals surface area contributed by atoms with E-state index in [1.54, 1.807) is 0 Å². The first-order valence-corrected chi connectivity index (χ1v) is 12.1. The van der Waals surface area contributed by atoms with Gasteiger partial charge in [0.1, 0.15) is 0 Å². The van der Waals surface area contributed by atoms with Crippen molar-refractivity contribution in [3.63, 3.8) is 0 Å². The minimum absolute atomic E-state index is 0.0409. The summed E-state index contributed by atoms with van der Waals surface area (Å²) in [7, 11) is 0. The van der Waals surface area contributed by atoms with Crippen LogP contribution in [-0.4, -0.2) is 0 Å². The van der Waals surface area contributed by atoms with Crippen molar-refractivity contribution in [3.05, 3.63) is 0 Å². The second-order valence-corrected chi connectivity index (χ2v) is 9.75. The van der Waals surface area contributed by atoms with Crippen molar-refractivity contribution in [2.75, 3.05) is 0 Å². The zero-order chi connectivity index (χ0) is 18.7. The van der Waals surface area contributed by atoms with Crippen LogP contribution < -0.4 is 0 Å². The molecule has 0 aromatic rings. The van der Waals surface area contributed by atoms with Crippen LogP contribution in [0, 0.1) is 34.5 Å². The SMILES string of the molecule is CCCCC[C@H]1CC[C@H](CC[C@]2(C#N)CC[C@H](CCCCC)CC2)CC1. The third-order valence-electron chi connectivity index (χ3n) is 7.73. The smallest absolute Gasteiger partial charge is 0.0689 e. The molecular formula is C25H45N. The Balaban J connectivity index is 1.64. The van der Waals surface area contributed by atoms with Gasteiger partial charge < -0.3 is 0 Å². The van der Waals surface area contributed by atoms with E-state index in [0.717, 1.165) is 17.8 Å². The fourth-order valence-corrected chi connectivity index (χ4v) is 5.59. The highest BCUT2D eigenvalue weighted by Crippen LogP contribution is 2.45. The summed E-state index contributed by atoms with van der Waals surface area (Å²) in [5.41, 5.74) is 0.0409. The molecular weight excluding hydrogens is 314 g/mol. The second kappa shape index (κ2) is 12.0. The summed E-state index contributed by atoms with van der Waals surface area (Å²) in [6.07, 6.45) is 24.6. The average Bonchev–Trinajstić information content (AvgIpc) is 2.69. The molecule has 2 rings (SSSR count). The van der Waals surface area contributed by atoms with E-state index in [1.807, 2.05) is 0 Å². The summed E-state index contributed by atoms with van der Waals surface area (Å²) in [4.78, 5) is 0. The van der Waals surface area contributed by atoms with E-state index in [-0.39, 0.29) is 5.41 Å². The van der Waals surface area contributed by atoms with Gasteiger partial charge in [0, 0.05) is 0 Å². The van der Waals surface area contributed by atoms with Gasteiger partial charge in [0.15, 0.2) is 0 Å². The van der Waals surface area contributed by atoms with Crippen molar-refractivity contribution >= 4 is 0 Å². The fraction of sp³-hybridized carbons (Fsp3) is 0.960. The highest BCUT2D eigenvalue weighted by molar-refractivity contribution is 5.01. The summed E-state index contributed by atoms with van der Waals surface area (Å²) in [5.74, 6) is 2.85. The first-order chi connectivity index (χ1) is 12.7. The molecule has 2 saturated carbocycles. The van der Waals surface area contributed by atoms with Crippen molar-refractivity contribution < 1.29 is 0 Å². The van der Waals surface area contributed by atoms with Gasteiger partial charge >= 0.3 is 0 Å². The van der Waals surface area contributed by atoms with E-state index in [2.05, 4.69) is 19.9 Å². The number of nitriles is 1. The van der Waals surface area contributed by atoms with E-state index in [1.165, 1.54) is 116 Å². The van der Waals surface area contributed by atoms with Gasteiger partial charge in [-0.1, -0.05) is 90.9 Å². The lowest BCUT2D eigenvalue weighted by atomic mass is 9.66. The Morgan fingerprint density at radius 3 is 1.62 bits per heavy atom. The third kappa shape index (κ3) is 7.25. The first-order valence-electron chi connectivity index (χ1n) is 12.1.